The van der Waals surface area contributed by atoms with Gasteiger partial charge in [0.15, 0.2) is 17.7 Å². The van der Waals surface area contributed by atoms with Crippen molar-refractivity contribution in [2.45, 2.75) is 23.9 Å². The molecule has 6 rings (SSSR count). The van der Waals surface area contributed by atoms with Crippen LogP contribution < -0.4 is 15.2 Å². The van der Waals surface area contributed by atoms with E-state index in [1.165, 1.54) is 23.3 Å². The van der Waals surface area contributed by atoms with Crippen molar-refractivity contribution < 1.29 is 23.7 Å². The normalized spacial score (nSPS) is 17.8. The second-order valence-corrected chi connectivity index (χ2v) is 9.66. The number of halogens is 1. The van der Waals surface area contributed by atoms with Gasteiger partial charge in [0.25, 0.3) is 0 Å². The SMILES string of the molecule is COc1ccc(C(c2ccccc2)(c2ccc(OC)cc2)C(O)[C@@H]2C=C(F)[C@H](n3cnc4c(N)ncnc43)O2)cc1. The Bertz CT molecular complexity index is 1640. The van der Waals surface area contributed by atoms with Gasteiger partial charge in [-0.2, -0.15) is 0 Å². The molecule has 1 aliphatic heterocycles. The van der Waals surface area contributed by atoms with Crippen LogP contribution in [0.2, 0.25) is 0 Å². The summed E-state index contributed by atoms with van der Waals surface area (Å²) in [5.74, 6) is 0.916. The fraction of sp³-hybridized carbons (Fsp3) is 0.194. The molecule has 0 amide bonds. The van der Waals surface area contributed by atoms with E-state index in [1.807, 2.05) is 78.9 Å². The number of rotatable bonds is 8. The second kappa shape index (κ2) is 10.6. The fourth-order valence-corrected chi connectivity index (χ4v) is 5.57. The lowest BCUT2D eigenvalue weighted by Gasteiger charge is -2.42. The Hall–Kier alpha value is -4.80. The zero-order valence-electron chi connectivity index (χ0n) is 22.4. The number of nitrogens with two attached hydrogens (primary N) is 1. The molecule has 0 saturated heterocycles. The number of aliphatic hydroxyl groups is 1. The molecule has 41 heavy (non-hydrogen) atoms. The van der Waals surface area contributed by atoms with Gasteiger partial charge < -0.3 is 25.1 Å². The zero-order chi connectivity index (χ0) is 28.6. The van der Waals surface area contributed by atoms with E-state index in [2.05, 4.69) is 15.0 Å². The van der Waals surface area contributed by atoms with E-state index in [1.54, 1.807) is 14.2 Å². The van der Waals surface area contributed by atoms with Gasteiger partial charge >= 0.3 is 0 Å². The molecule has 0 fully saturated rings. The standard InChI is InChI=1S/C31H28FN5O4/c1-39-22-12-8-20(9-13-22)31(19-6-4-3-5-7-19,21-10-14-23(40-2)15-11-21)27(38)25-16-24(32)30(41-25)37-18-36-26-28(33)34-17-35-29(26)37/h3-18,25,27,30,38H,1-2H3,(H2,33,34,35)/t25-,27?,30+/m0/s1. The van der Waals surface area contributed by atoms with E-state index in [0.29, 0.717) is 22.7 Å². The minimum Gasteiger partial charge on any atom is -0.497 e. The van der Waals surface area contributed by atoms with Crippen molar-refractivity contribution in [2.75, 3.05) is 20.0 Å². The van der Waals surface area contributed by atoms with Crippen LogP contribution in [0.4, 0.5) is 10.2 Å². The van der Waals surface area contributed by atoms with Crippen molar-refractivity contribution in [1.82, 2.24) is 19.5 Å². The summed E-state index contributed by atoms with van der Waals surface area (Å²) in [5, 5.41) is 12.4. The number of anilines is 1. The number of nitrogens with zero attached hydrogens (tertiary/aromatic N) is 4. The van der Waals surface area contributed by atoms with E-state index >= 15 is 4.39 Å². The maximum atomic E-state index is 15.7. The lowest BCUT2D eigenvalue weighted by atomic mass is 9.64. The van der Waals surface area contributed by atoms with Crippen LogP contribution in [-0.2, 0) is 10.2 Å². The molecule has 208 valence electrons. The number of hydrogen-bond donors (Lipinski definition) is 2. The number of ether oxygens (including phenoxy) is 3. The van der Waals surface area contributed by atoms with Gasteiger partial charge in [-0.1, -0.05) is 54.6 Å². The van der Waals surface area contributed by atoms with Gasteiger partial charge in [-0.25, -0.2) is 19.3 Å². The van der Waals surface area contributed by atoms with Gasteiger partial charge in [0.05, 0.1) is 26.0 Å². The summed E-state index contributed by atoms with van der Waals surface area (Å²) in [6, 6.07) is 24.5. The molecule has 0 saturated carbocycles. The van der Waals surface area contributed by atoms with E-state index in [9.17, 15) is 5.11 Å². The van der Waals surface area contributed by atoms with Crippen LogP contribution in [0.5, 0.6) is 11.5 Å². The Morgan fingerprint density at radius 2 is 1.46 bits per heavy atom. The smallest absolute Gasteiger partial charge is 0.189 e. The van der Waals surface area contributed by atoms with Gasteiger partial charge in [-0.15, -0.1) is 0 Å². The van der Waals surface area contributed by atoms with Gasteiger partial charge in [-0.05, 0) is 47.0 Å². The van der Waals surface area contributed by atoms with Gasteiger partial charge in [0.2, 0.25) is 0 Å². The van der Waals surface area contributed by atoms with Gasteiger partial charge in [-0.3, -0.25) is 4.57 Å². The third kappa shape index (κ3) is 4.37. The molecule has 5 aromatic rings. The van der Waals surface area contributed by atoms with Crippen molar-refractivity contribution in [3.05, 3.63) is 120 Å². The minimum atomic E-state index is -1.28. The largest absolute Gasteiger partial charge is 0.497 e. The molecule has 3 N–H and O–H groups in total. The molecule has 0 bridgehead atoms. The summed E-state index contributed by atoms with van der Waals surface area (Å²) in [4.78, 5) is 12.4. The molecule has 3 aromatic carbocycles. The number of hydrogen-bond acceptors (Lipinski definition) is 8. The van der Waals surface area contributed by atoms with Crippen molar-refractivity contribution in [3.8, 4) is 11.5 Å². The molecule has 0 aliphatic carbocycles. The van der Waals surface area contributed by atoms with Crippen molar-refractivity contribution in [1.29, 1.82) is 0 Å². The highest BCUT2D eigenvalue weighted by molar-refractivity contribution is 5.81. The van der Waals surface area contributed by atoms with Crippen LogP contribution in [0.3, 0.4) is 0 Å². The molecule has 3 atom stereocenters. The maximum absolute atomic E-state index is 15.7. The Labute approximate surface area is 235 Å². The van der Waals surface area contributed by atoms with E-state index in [0.717, 1.165) is 16.7 Å². The number of fused-ring (bicyclic) bond motifs is 1. The first kappa shape index (κ1) is 26.4. The summed E-state index contributed by atoms with van der Waals surface area (Å²) in [6.45, 7) is 0. The Morgan fingerprint density at radius 1 is 0.878 bits per heavy atom. The van der Waals surface area contributed by atoms with Crippen molar-refractivity contribution in [2.24, 2.45) is 0 Å². The number of aliphatic hydroxyl groups excluding tert-OH is 1. The van der Waals surface area contributed by atoms with E-state index in [-0.39, 0.29) is 5.82 Å². The van der Waals surface area contributed by atoms with Crippen LogP contribution in [-0.4, -0.2) is 51.1 Å². The van der Waals surface area contributed by atoms with E-state index in [4.69, 9.17) is 19.9 Å². The van der Waals surface area contributed by atoms with Gasteiger partial charge in [0.1, 0.15) is 41.4 Å². The van der Waals surface area contributed by atoms with Crippen LogP contribution in [0.25, 0.3) is 11.2 Å². The number of imidazole rings is 1. The molecular formula is C31H28FN5O4. The molecule has 1 unspecified atom stereocenters. The number of aromatic nitrogens is 4. The molecule has 10 heteroatoms. The van der Waals surface area contributed by atoms with Crippen molar-refractivity contribution in [3.63, 3.8) is 0 Å². The Kier molecular flexibility index (Phi) is 6.86. The first-order chi connectivity index (χ1) is 20.0. The molecule has 3 heterocycles. The third-order valence-corrected chi connectivity index (χ3v) is 7.56. The average molecular weight is 554 g/mol. The molecule has 0 radical (unpaired) electrons. The molecular weight excluding hydrogens is 525 g/mol. The highest BCUT2D eigenvalue weighted by Crippen LogP contribution is 2.47. The summed E-state index contributed by atoms with van der Waals surface area (Å²) in [6.07, 6.45) is 0.454. The minimum absolute atomic E-state index is 0.176. The van der Waals surface area contributed by atoms with Crippen LogP contribution in [0, 0.1) is 0 Å². The number of benzene rings is 3. The average Bonchev–Trinajstić information content (AvgIpc) is 3.62. The fourth-order valence-electron chi connectivity index (χ4n) is 5.57. The van der Waals surface area contributed by atoms with Crippen LogP contribution in [0.1, 0.15) is 22.9 Å². The third-order valence-electron chi connectivity index (χ3n) is 7.56. The van der Waals surface area contributed by atoms with Crippen LogP contribution in [0.15, 0.2) is 103 Å². The predicted octanol–water partition coefficient (Wildman–Crippen LogP) is 4.57. The number of nitrogen functional groups attached to an aromatic ring is 1. The zero-order valence-corrected chi connectivity index (χ0v) is 22.4. The summed E-state index contributed by atoms with van der Waals surface area (Å²) >= 11 is 0. The van der Waals surface area contributed by atoms with Crippen molar-refractivity contribution >= 4 is 17.0 Å². The quantitative estimate of drug-likeness (QED) is 0.268. The molecule has 0 spiro atoms. The first-order valence-electron chi connectivity index (χ1n) is 13.0. The topological polar surface area (TPSA) is 118 Å². The molecule has 9 nitrogen and oxygen atoms in total. The maximum Gasteiger partial charge on any atom is 0.189 e. The van der Waals surface area contributed by atoms with Gasteiger partial charge in [0, 0.05) is 0 Å². The summed E-state index contributed by atoms with van der Waals surface area (Å²) in [7, 11) is 3.19. The van der Waals surface area contributed by atoms with Crippen LogP contribution >= 0.6 is 0 Å². The highest BCUT2D eigenvalue weighted by atomic mass is 19.1. The molecule has 1 aliphatic rings. The lowest BCUT2D eigenvalue weighted by molar-refractivity contribution is -0.0675. The molecule has 2 aromatic heterocycles. The first-order valence-corrected chi connectivity index (χ1v) is 13.0. The summed E-state index contributed by atoms with van der Waals surface area (Å²) < 4.78 is 34.1. The van der Waals surface area contributed by atoms with E-state index < -0.39 is 29.7 Å². The highest BCUT2D eigenvalue weighted by Gasteiger charge is 2.49. The Balaban J connectivity index is 1.50. The Morgan fingerprint density at radius 3 is 2.05 bits per heavy atom. The number of methoxy groups -OCH3 is 2. The summed E-state index contributed by atoms with van der Waals surface area (Å²) in [5.41, 5.74) is 7.72. The second-order valence-electron chi connectivity index (χ2n) is 9.66. The monoisotopic (exact) mass is 553 g/mol. The predicted molar refractivity (Wildman–Crippen MR) is 151 cm³/mol. The lowest BCUT2D eigenvalue weighted by Crippen LogP contribution is -2.48.